The van der Waals surface area contributed by atoms with Crippen LogP contribution >= 0.6 is 11.6 Å². The number of nitrogens with zero attached hydrogens (tertiary/aromatic N) is 1. The summed E-state index contributed by atoms with van der Waals surface area (Å²) in [6.45, 7) is 3.03. The number of rotatable bonds is 1. The van der Waals surface area contributed by atoms with Crippen LogP contribution in [0.3, 0.4) is 0 Å². The van der Waals surface area contributed by atoms with Gasteiger partial charge in [0.25, 0.3) is 5.91 Å². The fraction of sp³-hybridized carbons (Fsp3) is 0.462. The predicted octanol–water partition coefficient (Wildman–Crippen LogP) is 2.33. The summed E-state index contributed by atoms with van der Waals surface area (Å²) in [6, 6.07) is 6.90. The maximum Gasteiger partial charge on any atom is 0.253 e. The van der Waals surface area contributed by atoms with Crippen molar-refractivity contribution < 1.29 is 9.90 Å². The smallest absolute Gasteiger partial charge is 0.253 e. The van der Waals surface area contributed by atoms with Crippen LogP contribution in [-0.2, 0) is 0 Å². The molecule has 0 unspecified atom stereocenters. The van der Waals surface area contributed by atoms with E-state index in [0.29, 0.717) is 36.5 Å². The quantitative estimate of drug-likeness (QED) is 0.835. The molecule has 0 atom stereocenters. The number of hydrogen-bond acceptors (Lipinski definition) is 2. The fourth-order valence-corrected chi connectivity index (χ4v) is 2.09. The van der Waals surface area contributed by atoms with E-state index in [1.807, 2.05) is 6.92 Å². The molecule has 0 saturated carbocycles. The molecule has 0 radical (unpaired) electrons. The van der Waals surface area contributed by atoms with Crippen molar-refractivity contribution in [2.24, 2.45) is 0 Å². The summed E-state index contributed by atoms with van der Waals surface area (Å²) in [5.74, 6) is 0.0113. The first kappa shape index (κ1) is 12.4. The standard InChI is InChI=1S/C13H16ClNO2/c1-13(17)6-8-15(9-7-13)12(16)10-2-4-11(14)5-3-10/h2-5,17H,6-9H2,1H3. The van der Waals surface area contributed by atoms with Gasteiger partial charge in [0.15, 0.2) is 0 Å². The van der Waals surface area contributed by atoms with E-state index in [-0.39, 0.29) is 5.91 Å². The number of aliphatic hydroxyl groups is 1. The van der Waals surface area contributed by atoms with Crippen molar-refractivity contribution in [2.45, 2.75) is 25.4 Å². The highest BCUT2D eigenvalue weighted by Gasteiger charge is 2.29. The molecular weight excluding hydrogens is 238 g/mol. The number of carbonyl (C=O) groups is 1. The van der Waals surface area contributed by atoms with E-state index in [0.717, 1.165) is 0 Å². The average molecular weight is 254 g/mol. The first-order valence-corrected chi connectivity index (χ1v) is 6.13. The number of likely N-dealkylation sites (tertiary alicyclic amines) is 1. The van der Waals surface area contributed by atoms with Crippen LogP contribution in [0.5, 0.6) is 0 Å². The van der Waals surface area contributed by atoms with Gasteiger partial charge in [-0.05, 0) is 44.0 Å². The molecule has 1 saturated heterocycles. The minimum Gasteiger partial charge on any atom is -0.390 e. The zero-order chi connectivity index (χ0) is 12.5. The molecule has 92 valence electrons. The lowest BCUT2D eigenvalue weighted by Gasteiger charge is -2.35. The number of hydrogen-bond donors (Lipinski definition) is 1. The van der Waals surface area contributed by atoms with E-state index in [1.54, 1.807) is 29.2 Å². The number of halogens is 1. The Morgan fingerprint density at radius 1 is 1.29 bits per heavy atom. The molecule has 1 fully saturated rings. The van der Waals surface area contributed by atoms with Crippen molar-refractivity contribution in [3.05, 3.63) is 34.9 Å². The van der Waals surface area contributed by atoms with Gasteiger partial charge in [0.2, 0.25) is 0 Å². The Morgan fingerprint density at radius 2 is 1.82 bits per heavy atom. The maximum atomic E-state index is 12.1. The summed E-state index contributed by atoms with van der Waals surface area (Å²) >= 11 is 5.78. The van der Waals surface area contributed by atoms with Gasteiger partial charge in [-0.25, -0.2) is 0 Å². The van der Waals surface area contributed by atoms with E-state index in [4.69, 9.17) is 11.6 Å². The van der Waals surface area contributed by atoms with Gasteiger partial charge in [-0.1, -0.05) is 11.6 Å². The van der Waals surface area contributed by atoms with Gasteiger partial charge in [0.1, 0.15) is 0 Å². The van der Waals surface area contributed by atoms with Gasteiger partial charge >= 0.3 is 0 Å². The molecule has 1 aromatic rings. The molecule has 17 heavy (non-hydrogen) atoms. The van der Waals surface area contributed by atoms with Crippen LogP contribution in [0.15, 0.2) is 24.3 Å². The maximum absolute atomic E-state index is 12.1. The summed E-state index contributed by atoms with van der Waals surface area (Å²) in [5, 5.41) is 10.5. The van der Waals surface area contributed by atoms with Crippen molar-refractivity contribution in [2.75, 3.05) is 13.1 Å². The van der Waals surface area contributed by atoms with Crippen molar-refractivity contribution in [3.63, 3.8) is 0 Å². The Bertz CT molecular complexity index is 404. The summed E-state index contributed by atoms with van der Waals surface area (Å²) < 4.78 is 0. The fourth-order valence-electron chi connectivity index (χ4n) is 1.97. The highest BCUT2D eigenvalue weighted by Crippen LogP contribution is 2.22. The molecule has 1 N–H and O–H groups in total. The molecule has 1 aromatic carbocycles. The Kier molecular flexibility index (Phi) is 3.40. The zero-order valence-electron chi connectivity index (χ0n) is 9.82. The van der Waals surface area contributed by atoms with E-state index in [2.05, 4.69) is 0 Å². The number of amides is 1. The van der Waals surface area contributed by atoms with Crippen molar-refractivity contribution >= 4 is 17.5 Å². The minimum atomic E-state index is -0.628. The molecule has 1 aliphatic rings. The van der Waals surface area contributed by atoms with Crippen LogP contribution in [0.2, 0.25) is 5.02 Å². The molecule has 2 rings (SSSR count). The molecule has 1 amide bonds. The first-order valence-electron chi connectivity index (χ1n) is 5.75. The van der Waals surface area contributed by atoms with Crippen molar-refractivity contribution in [3.8, 4) is 0 Å². The second-order valence-corrected chi connectivity index (χ2v) is 5.23. The molecule has 0 spiro atoms. The molecule has 0 bridgehead atoms. The molecular formula is C13H16ClNO2. The third-order valence-electron chi connectivity index (χ3n) is 3.22. The minimum absolute atomic E-state index is 0.0113. The van der Waals surface area contributed by atoms with Crippen LogP contribution in [-0.4, -0.2) is 34.6 Å². The lowest BCUT2D eigenvalue weighted by atomic mass is 9.93. The first-order chi connectivity index (χ1) is 7.98. The van der Waals surface area contributed by atoms with Gasteiger partial charge in [-0.15, -0.1) is 0 Å². The van der Waals surface area contributed by atoms with Gasteiger partial charge in [-0.2, -0.15) is 0 Å². The second-order valence-electron chi connectivity index (χ2n) is 4.80. The second kappa shape index (κ2) is 4.67. The third-order valence-corrected chi connectivity index (χ3v) is 3.47. The van der Waals surface area contributed by atoms with Gasteiger partial charge in [0, 0.05) is 23.7 Å². The topological polar surface area (TPSA) is 40.5 Å². The summed E-state index contributed by atoms with van der Waals surface area (Å²) in [5.41, 5.74) is 0.0208. The summed E-state index contributed by atoms with van der Waals surface area (Å²) in [6.07, 6.45) is 1.26. The Morgan fingerprint density at radius 3 is 2.35 bits per heavy atom. The lowest BCUT2D eigenvalue weighted by Crippen LogP contribution is -2.45. The van der Waals surface area contributed by atoms with E-state index >= 15 is 0 Å². The molecule has 4 heteroatoms. The van der Waals surface area contributed by atoms with Crippen LogP contribution < -0.4 is 0 Å². The molecule has 1 heterocycles. The molecule has 0 aliphatic carbocycles. The molecule has 3 nitrogen and oxygen atoms in total. The Balaban J connectivity index is 2.04. The third kappa shape index (κ3) is 2.99. The van der Waals surface area contributed by atoms with Gasteiger partial charge < -0.3 is 10.0 Å². The summed E-state index contributed by atoms with van der Waals surface area (Å²) in [4.78, 5) is 13.9. The van der Waals surface area contributed by atoms with Crippen LogP contribution in [0.4, 0.5) is 0 Å². The number of piperidine rings is 1. The number of carbonyl (C=O) groups excluding carboxylic acids is 1. The largest absolute Gasteiger partial charge is 0.390 e. The van der Waals surface area contributed by atoms with E-state index in [1.165, 1.54) is 0 Å². The van der Waals surface area contributed by atoms with Crippen LogP contribution in [0.25, 0.3) is 0 Å². The zero-order valence-corrected chi connectivity index (χ0v) is 10.6. The average Bonchev–Trinajstić information content (AvgIpc) is 2.29. The molecule has 1 aliphatic heterocycles. The van der Waals surface area contributed by atoms with Crippen molar-refractivity contribution in [1.29, 1.82) is 0 Å². The molecule has 0 aromatic heterocycles. The highest BCUT2D eigenvalue weighted by molar-refractivity contribution is 6.30. The number of benzene rings is 1. The SMILES string of the molecule is CC1(O)CCN(C(=O)c2ccc(Cl)cc2)CC1. The Labute approximate surface area is 106 Å². The van der Waals surface area contributed by atoms with Gasteiger partial charge in [-0.3, -0.25) is 4.79 Å². The summed E-state index contributed by atoms with van der Waals surface area (Å²) in [7, 11) is 0. The van der Waals surface area contributed by atoms with E-state index in [9.17, 15) is 9.90 Å². The van der Waals surface area contributed by atoms with Crippen molar-refractivity contribution in [1.82, 2.24) is 4.90 Å². The Hall–Kier alpha value is -1.06. The van der Waals surface area contributed by atoms with E-state index < -0.39 is 5.60 Å². The lowest BCUT2D eigenvalue weighted by molar-refractivity contribution is -0.00202. The van der Waals surface area contributed by atoms with Gasteiger partial charge in [0.05, 0.1) is 5.60 Å². The van der Waals surface area contributed by atoms with Crippen LogP contribution in [0, 0.1) is 0 Å². The normalized spacial score (nSPS) is 19.1. The monoisotopic (exact) mass is 253 g/mol. The highest BCUT2D eigenvalue weighted by atomic mass is 35.5. The predicted molar refractivity (Wildman–Crippen MR) is 67.2 cm³/mol. The van der Waals surface area contributed by atoms with Crippen LogP contribution in [0.1, 0.15) is 30.1 Å².